The van der Waals surface area contributed by atoms with Crippen LogP contribution in [-0.2, 0) is 4.79 Å². The van der Waals surface area contributed by atoms with Crippen molar-refractivity contribution in [1.29, 1.82) is 0 Å². The quantitative estimate of drug-likeness (QED) is 0.714. The zero-order valence-electron chi connectivity index (χ0n) is 10.4. The van der Waals surface area contributed by atoms with Gasteiger partial charge in [0, 0.05) is 5.41 Å². The summed E-state index contributed by atoms with van der Waals surface area (Å²) in [6.45, 7) is 12.6. The molecule has 0 aromatic carbocycles. The first-order valence-corrected chi connectivity index (χ1v) is 4.93. The maximum atomic E-state index is 11.7. The van der Waals surface area contributed by atoms with Gasteiger partial charge in [-0.25, -0.2) is 0 Å². The average Bonchev–Trinajstić information content (AvgIpc) is 1.80. The summed E-state index contributed by atoms with van der Waals surface area (Å²) in [6.07, 6.45) is 0. The molecule has 0 fully saturated rings. The van der Waals surface area contributed by atoms with Gasteiger partial charge in [0.25, 0.3) is 0 Å². The molecular formula is C11H23NO2. The number of amides is 1. The average molecular weight is 201 g/mol. The lowest BCUT2D eigenvalue weighted by atomic mass is 9.84. The number of nitrogens with one attached hydrogen (secondary N) is 1. The van der Waals surface area contributed by atoms with E-state index >= 15 is 0 Å². The Morgan fingerprint density at radius 2 is 1.36 bits per heavy atom. The minimum Gasteiger partial charge on any atom is -0.388 e. The van der Waals surface area contributed by atoms with Gasteiger partial charge in [0.2, 0.25) is 5.91 Å². The zero-order valence-corrected chi connectivity index (χ0v) is 10.4. The third-order valence-corrected chi connectivity index (χ3v) is 2.64. The van der Waals surface area contributed by atoms with E-state index in [1.165, 1.54) is 0 Å². The fraction of sp³-hybridized carbons (Fsp3) is 0.909. The monoisotopic (exact) mass is 201 g/mol. The lowest BCUT2D eigenvalue weighted by Gasteiger charge is -2.39. The summed E-state index contributed by atoms with van der Waals surface area (Å²) in [6, 6.07) is 0. The lowest BCUT2D eigenvalue weighted by molar-refractivity contribution is -0.133. The summed E-state index contributed by atoms with van der Waals surface area (Å²) < 4.78 is 0. The van der Waals surface area contributed by atoms with Gasteiger partial charge in [-0.1, -0.05) is 20.8 Å². The van der Waals surface area contributed by atoms with Crippen molar-refractivity contribution in [1.82, 2.24) is 5.32 Å². The van der Waals surface area contributed by atoms with Gasteiger partial charge < -0.3 is 10.4 Å². The molecule has 1 amide bonds. The zero-order chi connectivity index (χ0) is 11.8. The van der Waals surface area contributed by atoms with Crippen LogP contribution in [0.4, 0.5) is 0 Å². The van der Waals surface area contributed by atoms with Crippen molar-refractivity contribution in [2.24, 2.45) is 5.41 Å². The fourth-order valence-electron chi connectivity index (χ4n) is 0.624. The Morgan fingerprint density at radius 3 is 1.57 bits per heavy atom. The molecule has 3 heteroatoms. The first-order valence-electron chi connectivity index (χ1n) is 4.93. The third kappa shape index (κ3) is 3.29. The largest absolute Gasteiger partial charge is 0.388 e. The van der Waals surface area contributed by atoms with Crippen LogP contribution in [0, 0.1) is 5.41 Å². The standard InChI is InChI=1S/C11H23NO2/c1-9(2,3)8(13)12-10(4,5)11(6,7)14/h14H,1-7H3,(H,12,13). The van der Waals surface area contributed by atoms with Gasteiger partial charge >= 0.3 is 0 Å². The molecule has 2 N–H and O–H groups in total. The van der Waals surface area contributed by atoms with Crippen LogP contribution < -0.4 is 5.32 Å². The van der Waals surface area contributed by atoms with Crippen LogP contribution in [0.2, 0.25) is 0 Å². The second-order valence-electron chi connectivity index (χ2n) is 5.89. The molecule has 14 heavy (non-hydrogen) atoms. The van der Waals surface area contributed by atoms with Crippen molar-refractivity contribution in [2.45, 2.75) is 59.6 Å². The Bertz CT molecular complexity index is 218. The highest BCUT2D eigenvalue weighted by atomic mass is 16.3. The molecule has 0 aliphatic rings. The number of hydrogen-bond acceptors (Lipinski definition) is 2. The molecule has 0 rings (SSSR count). The summed E-state index contributed by atoms with van der Waals surface area (Å²) in [5.41, 5.74) is -1.99. The Labute approximate surface area is 86.9 Å². The van der Waals surface area contributed by atoms with E-state index in [4.69, 9.17) is 0 Å². The van der Waals surface area contributed by atoms with Crippen molar-refractivity contribution in [2.75, 3.05) is 0 Å². The Morgan fingerprint density at radius 1 is 1.00 bits per heavy atom. The van der Waals surface area contributed by atoms with Gasteiger partial charge in [0.15, 0.2) is 0 Å². The lowest BCUT2D eigenvalue weighted by Crippen LogP contribution is -2.59. The van der Waals surface area contributed by atoms with Crippen molar-refractivity contribution in [3.63, 3.8) is 0 Å². The topological polar surface area (TPSA) is 49.3 Å². The van der Waals surface area contributed by atoms with Crippen LogP contribution in [0.5, 0.6) is 0 Å². The maximum Gasteiger partial charge on any atom is 0.225 e. The summed E-state index contributed by atoms with van der Waals surface area (Å²) in [5, 5.41) is 12.7. The minimum absolute atomic E-state index is 0.0513. The van der Waals surface area contributed by atoms with E-state index in [1.807, 2.05) is 34.6 Å². The molecule has 0 bridgehead atoms. The summed E-state index contributed by atoms with van der Waals surface area (Å²) in [5.74, 6) is -0.0513. The smallest absolute Gasteiger partial charge is 0.225 e. The molecule has 3 nitrogen and oxygen atoms in total. The van der Waals surface area contributed by atoms with Crippen molar-refractivity contribution in [3.05, 3.63) is 0 Å². The third-order valence-electron chi connectivity index (χ3n) is 2.64. The molecular weight excluding hydrogens is 178 g/mol. The van der Waals surface area contributed by atoms with Crippen molar-refractivity contribution < 1.29 is 9.90 Å². The van der Waals surface area contributed by atoms with Crippen LogP contribution >= 0.6 is 0 Å². The van der Waals surface area contributed by atoms with Crippen molar-refractivity contribution >= 4 is 5.91 Å². The maximum absolute atomic E-state index is 11.7. The highest BCUT2D eigenvalue weighted by molar-refractivity contribution is 5.82. The number of carbonyl (C=O) groups is 1. The van der Waals surface area contributed by atoms with Crippen LogP contribution in [0.25, 0.3) is 0 Å². The van der Waals surface area contributed by atoms with Crippen molar-refractivity contribution in [3.8, 4) is 0 Å². The van der Waals surface area contributed by atoms with Gasteiger partial charge in [0.05, 0.1) is 11.1 Å². The highest BCUT2D eigenvalue weighted by Gasteiger charge is 2.38. The first kappa shape index (κ1) is 13.4. The van der Waals surface area contributed by atoms with E-state index in [2.05, 4.69) is 5.32 Å². The Hall–Kier alpha value is -0.570. The Balaban J connectivity index is 4.62. The molecule has 0 spiro atoms. The minimum atomic E-state index is -0.937. The van der Waals surface area contributed by atoms with Gasteiger partial charge in [-0.15, -0.1) is 0 Å². The summed E-state index contributed by atoms with van der Waals surface area (Å²) in [7, 11) is 0. The first-order chi connectivity index (χ1) is 5.88. The molecule has 0 aliphatic heterocycles. The van der Waals surface area contributed by atoms with E-state index in [-0.39, 0.29) is 5.91 Å². The predicted molar refractivity (Wildman–Crippen MR) is 58.0 cm³/mol. The van der Waals surface area contributed by atoms with Crippen LogP contribution in [-0.4, -0.2) is 22.2 Å². The number of hydrogen-bond donors (Lipinski definition) is 2. The van der Waals surface area contributed by atoms with E-state index < -0.39 is 16.6 Å². The Kier molecular flexibility index (Phi) is 3.39. The fourth-order valence-corrected chi connectivity index (χ4v) is 0.624. The van der Waals surface area contributed by atoms with Crippen LogP contribution in [0.15, 0.2) is 0 Å². The van der Waals surface area contributed by atoms with Gasteiger partial charge in [-0.05, 0) is 27.7 Å². The van der Waals surface area contributed by atoms with Gasteiger partial charge in [0.1, 0.15) is 0 Å². The molecule has 0 saturated carbocycles. The predicted octanol–water partition coefficient (Wildman–Crippen LogP) is 1.70. The van der Waals surface area contributed by atoms with E-state index in [1.54, 1.807) is 13.8 Å². The molecule has 84 valence electrons. The van der Waals surface area contributed by atoms with E-state index in [0.29, 0.717) is 0 Å². The van der Waals surface area contributed by atoms with Gasteiger partial charge in [-0.3, -0.25) is 4.79 Å². The normalized spacial score (nSPS) is 14.0. The number of carbonyl (C=O) groups excluding carboxylic acids is 1. The molecule has 0 aromatic heterocycles. The molecule has 0 atom stereocenters. The number of aliphatic hydroxyl groups is 1. The second kappa shape index (κ2) is 3.54. The van der Waals surface area contributed by atoms with E-state index in [9.17, 15) is 9.90 Å². The highest BCUT2D eigenvalue weighted by Crippen LogP contribution is 2.23. The van der Waals surface area contributed by atoms with Crippen LogP contribution in [0.3, 0.4) is 0 Å². The molecule has 0 saturated heterocycles. The molecule has 0 aliphatic carbocycles. The molecule has 0 unspecified atom stereocenters. The molecule has 0 heterocycles. The van der Waals surface area contributed by atoms with E-state index in [0.717, 1.165) is 0 Å². The number of rotatable bonds is 2. The molecule has 0 radical (unpaired) electrons. The summed E-state index contributed by atoms with van der Waals surface area (Å²) >= 11 is 0. The van der Waals surface area contributed by atoms with Gasteiger partial charge in [-0.2, -0.15) is 0 Å². The van der Waals surface area contributed by atoms with Crippen LogP contribution in [0.1, 0.15) is 48.5 Å². The SMILES string of the molecule is CC(C)(C)C(=O)NC(C)(C)C(C)(C)O. The second-order valence-corrected chi connectivity index (χ2v) is 5.89. The summed E-state index contributed by atoms with van der Waals surface area (Å²) in [4.78, 5) is 11.7. The molecule has 0 aromatic rings.